The smallest absolute Gasteiger partial charge is 0.326 e. The first-order valence-electron chi connectivity index (χ1n) is 6.76. The fourth-order valence-electron chi connectivity index (χ4n) is 2.78. The second-order valence-corrected chi connectivity index (χ2v) is 5.56. The summed E-state index contributed by atoms with van der Waals surface area (Å²) in [5, 5.41) is 19.2. The number of benzene rings is 1. The van der Waals surface area contributed by atoms with Gasteiger partial charge in [0.2, 0.25) is 0 Å². The number of nitriles is 1. The zero-order valence-electron chi connectivity index (χ0n) is 11.3. The Morgan fingerprint density at radius 3 is 2.95 bits per heavy atom. The predicted octanol–water partition coefficient (Wildman–Crippen LogP) is 3.29. The number of carbonyl (C=O) groups is 1. The van der Waals surface area contributed by atoms with E-state index in [4.69, 9.17) is 11.6 Å². The monoisotopic (exact) mass is 292 g/mol. The molecule has 0 aromatic heterocycles. The number of piperidine rings is 1. The Bertz CT molecular complexity index is 553. The summed E-state index contributed by atoms with van der Waals surface area (Å²) in [5.74, 6) is -0.396. The number of nitrogens with zero attached hydrogens (tertiary/aromatic N) is 2. The molecule has 1 aromatic rings. The van der Waals surface area contributed by atoms with Crippen LogP contribution in [0.2, 0.25) is 5.02 Å². The van der Waals surface area contributed by atoms with E-state index >= 15 is 0 Å². The van der Waals surface area contributed by atoms with Gasteiger partial charge in [-0.25, -0.2) is 4.79 Å². The Kier molecular flexibility index (Phi) is 4.51. The van der Waals surface area contributed by atoms with Crippen molar-refractivity contribution in [3.05, 3.63) is 28.8 Å². The van der Waals surface area contributed by atoms with E-state index in [1.54, 1.807) is 18.2 Å². The van der Waals surface area contributed by atoms with Gasteiger partial charge < -0.3 is 10.0 Å². The second kappa shape index (κ2) is 6.15. The number of carboxylic acids is 1. The number of carboxylic acid groups (broad SMARTS) is 1. The van der Waals surface area contributed by atoms with Crippen molar-refractivity contribution >= 4 is 23.3 Å². The first kappa shape index (κ1) is 14.7. The minimum atomic E-state index is -0.831. The van der Waals surface area contributed by atoms with Crippen molar-refractivity contribution in [2.75, 3.05) is 11.4 Å². The Balaban J connectivity index is 2.35. The van der Waals surface area contributed by atoms with Gasteiger partial charge in [0.1, 0.15) is 12.1 Å². The van der Waals surface area contributed by atoms with Crippen molar-refractivity contribution in [3.63, 3.8) is 0 Å². The molecule has 0 bridgehead atoms. The summed E-state index contributed by atoms with van der Waals surface area (Å²) in [6, 6.07) is 6.55. The number of hydrogen-bond acceptors (Lipinski definition) is 3. The van der Waals surface area contributed by atoms with Crippen LogP contribution in [0.25, 0.3) is 0 Å². The molecule has 1 N–H and O–H groups in total. The lowest BCUT2D eigenvalue weighted by atomic mass is 9.88. The Hall–Kier alpha value is -1.73. The highest BCUT2D eigenvalue weighted by Gasteiger charge is 2.33. The SMILES string of the molecule is CCC1CCN(c2ccc(Cl)cc2C#N)C(C(=O)O)C1. The number of aliphatic carboxylic acids is 1. The lowest BCUT2D eigenvalue weighted by Crippen LogP contribution is -2.47. The van der Waals surface area contributed by atoms with Crippen molar-refractivity contribution in [1.29, 1.82) is 5.26 Å². The molecule has 1 fully saturated rings. The molecule has 1 aliphatic rings. The fraction of sp³-hybridized carbons (Fsp3) is 0.467. The van der Waals surface area contributed by atoms with Crippen molar-refractivity contribution in [2.45, 2.75) is 32.2 Å². The topological polar surface area (TPSA) is 64.3 Å². The van der Waals surface area contributed by atoms with Crippen LogP contribution in [0.15, 0.2) is 18.2 Å². The largest absolute Gasteiger partial charge is 0.480 e. The Morgan fingerprint density at radius 1 is 1.60 bits per heavy atom. The predicted molar refractivity (Wildman–Crippen MR) is 78.0 cm³/mol. The summed E-state index contributed by atoms with van der Waals surface area (Å²) >= 11 is 5.89. The van der Waals surface area contributed by atoms with E-state index in [1.807, 2.05) is 4.90 Å². The molecule has 0 spiro atoms. The van der Waals surface area contributed by atoms with Gasteiger partial charge >= 0.3 is 5.97 Å². The van der Waals surface area contributed by atoms with Gasteiger partial charge in [-0.05, 0) is 37.0 Å². The molecule has 1 aliphatic heterocycles. The molecular weight excluding hydrogens is 276 g/mol. The summed E-state index contributed by atoms with van der Waals surface area (Å²) < 4.78 is 0. The van der Waals surface area contributed by atoms with Crippen LogP contribution in [-0.2, 0) is 4.79 Å². The summed E-state index contributed by atoms with van der Waals surface area (Å²) in [4.78, 5) is 13.3. The minimum Gasteiger partial charge on any atom is -0.480 e. The maximum absolute atomic E-state index is 11.5. The van der Waals surface area contributed by atoms with Crippen molar-refractivity contribution in [3.8, 4) is 6.07 Å². The number of anilines is 1. The molecule has 0 amide bonds. The highest BCUT2D eigenvalue weighted by atomic mass is 35.5. The van der Waals surface area contributed by atoms with Gasteiger partial charge in [-0.2, -0.15) is 5.26 Å². The van der Waals surface area contributed by atoms with Gasteiger partial charge in [0.25, 0.3) is 0 Å². The van der Waals surface area contributed by atoms with Gasteiger partial charge in [-0.15, -0.1) is 0 Å². The standard InChI is InChI=1S/C15H17ClN2O2/c1-2-10-5-6-18(14(7-10)15(19)20)13-4-3-12(16)8-11(13)9-17/h3-4,8,10,14H,2,5-7H2,1H3,(H,19,20). The second-order valence-electron chi connectivity index (χ2n) is 5.12. The molecule has 1 aromatic carbocycles. The first-order chi connectivity index (χ1) is 9.56. The van der Waals surface area contributed by atoms with E-state index in [1.165, 1.54) is 0 Å². The van der Waals surface area contributed by atoms with Gasteiger partial charge in [-0.3, -0.25) is 0 Å². The van der Waals surface area contributed by atoms with Gasteiger partial charge in [-0.1, -0.05) is 24.9 Å². The lowest BCUT2D eigenvalue weighted by Gasteiger charge is -2.38. The van der Waals surface area contributed by atoms with E-state index in [0.717, 1.165) is 12.8 Å². The van der Waals surface area contributed by atoms with Crippen LogP contribution in [0.1, 0.15) is 31.7 Å². The molecule has 4 nitrogen and oxygen atoms in total. The lowest BCUT2D eigenvalue weighted by molar-refractivity contribution is -0.139. The van der Waals surface area contributed by atoms with E-state index in [-0.39, 0.29) is 0 Å². The molecule has 1 heterocycles. The number of hydrogen-bond donors (Lipinski definition) is 1. The third-order valence-electron chi connectivity index (χ3n) is 3.96. The molecule has 2 atom stereocenters. The normalized spacial score (nSPS) is 22.4. The molecule has 106 valence electrons. The molecule has 0 aliphatic carbocycles. The molecule has 0 saturated carbocycles. The maximum Gasteiger partial charge on any atom is 0.326 e. The Labute approximate surface area is 123 Å². The zero-order chi connectivity index (χ0) is 14.7. The summed E-state index contributed by atoms with van der Waals surface area (Å²) in [7, 11) is 0. The molecule has 0 radical (unpaired) electrons. The molecule has 20 heavy (non-hydrogen) atoms. The highest BCUT2D eigenvalue weighted by Crippen LogP contribution is 2.32. The molecule has 5 heteroatoms. The third-order valence-corrected chi connectivity index (χ3v) is 4.20. The van der Waals surface area contributed by atoms with Crippen molar-refractivity contribution < 1.29 is 9.90 Å². The quantitative estimate of drug-likeness (QED) is 0.928. The molecular formula is C15H17ClN2O2. The first-order valence-corrected chi connectivity index (χ1v) is 7.13. The summed E-state index contributed by atoms with van der Waals surface area (Å²) in [6.07, 6.45) is 2.57. The van der Waals surface area contributed by atoms with Crippen LogP contribution in [0, 0.1) is 17.2 Å². The summed E-state index contributed by atoms with van der Waals surface area (Å²) in [6.45, 7) is 2.74. The van der Waals surface area contributed by atoms with E-state index in [2.05, 4.69) is 13.0 Å². The minimum absolute atomic E-state index is 0.429. The average molecular weight is 293 g/mol. The third kappa shape index (κ3) is 2.88. The Morgan fingerprint density at radius 2 is 2.35 bits per heavy atom. The maximum atomic E-state index is 11.5. The van der Waals surface area contributed by atoms with Crippen LogP contribution in [0.5, 0.6) is 0 Å². The summed E-state index contributed by atoms with van der Waals surface area (Å²) in [5.41, 5.74) is 1.09. The fourth-order valence-corrected chi connectivity index (χ4v) is 2.95. The molecule has 2 rings (SSSR count). The van der Waals surface area contributed by atoms with E-state index in [9.17, 15) is 15.2 Å². The molecule has 1 saturated heterocycles. The van der Waals surface area contributed by atoms with Gasteiger partial charge in [0, 0.05) is 11.6 Å². The van der Waals surface area contributed by atoms with Gasteiger partial charge in [0.15, 0.2) is 0 Å². The van der Waals surface area contributed by atoms with Crippen LogP contribution in [0.4, 0.5) is 5.69 Å². The van der Waals surface area contributed by atoms with Crippen molar-refractivity contribution in [1.82, 2.24) is 0 Å². The number of halogens is 1. The molecule has 2 unspecified atom stereocenters. The van der Waals surface area contributed by atoms with Crippen LogP contribution < -0.4 is 4.90 Å². The van der Waals surface area contributed by atoms with E-state index < -0.39 is 12.0 Å². The zero-order valence-corrected chi connectivity index (χ0v) is 12.1. The average Bonchev–Trinajstić information content (AvgIpc) is 2.46. The van der Waals surface area contributed by atoms with Crippen LogP contribution in [0.3, 0.4) is 0 Å². The van der Waals surface area contributed by atoms with Crippen LogP contribution in [-0.4, -0.2) is 23.7 Å². The van der Waals surface area contributed by atoms with Gasteiger partial charge in [0.05, 0.1) is 11.3 Å². The van der Waals surface area contributed by atoms with Crippen molar-refractivity contribution in [2.24, 2.45) is 5.92 Å². The highest BCUT2D eigenvalue weighted by molar-refractivity contribution is 6.30. The van der Waals surface area contributed by atoms with Crippen LogP contribution >= 0.6 is 11.6 Å². The number of rotatable bonds is 3. The van der Waals surface area contributed by atoms with E-state index in [0.29, 0.717) is 35.2 Å².